The number of hydrogen-bond donors (Lipinski definition) is 3. The fourth-order valence-corrected chi connectivity index (χ4v) is 5.00. The molecule has 0 aliphatic carbocycles. The van der Waals surface area contributed by atoms with E-state index in [-0.39, 0.29) is 17.7 Å². The van der Waals surface area contributed by atoms with E-state index in [1.807, 2.05) is 66.4 Å². The van der Waals surface area contributed by atoms with Crippen LogP contribution < -0.4 is 16.0 Å². The zero-order valence-corrected chi connectivity index (χ0v) is 22.3. The topological polar surface area (TPSA) is 93.8 Å². The van der Waals surface area contributed by atoms with Crippen LogP contribution in [-0.4, -0.2) is 66.8 Å². The second-order valence-electron chi connectivity index (χ2n) is 9.62. The van der Waals surface area contributed by atoms with Crippen molar-refractivity contribution in [3.63, 3.8) is 0 Å². The number of anilines is 2. The van der Waals surface area contributed by atoms with Crippen molar-refractivity contribution in [1.82, 2.24) is 15.1 Å². The van der Waals surface area contributed by atoms with Gasteiger partial charge >= 0.3 is 0 Å². The third kappa shape index (κ3) is 5.56. The molecule has 3 amide bonds. The summed E-state index contributed by atoms with van der Waals surface area (Å²) >= 11 is 0. The van der Waals surface area contributed by atoms with Crippen LogP contribution in [0.5, 0.6) is 0 Å². The quantitative estimate of drug-likeness (QED) is 0.405. The second-order valence-corrected chi connectivity index (χ2v) is 9.62. The number of amides is 3. The molecule has 2 heterocycles. The number of likely N-dealkylation sites (N-methyl/N-ethyl adjacent to an activating group) is 1. The van der Waals surface area contributed by atoms with Crippen LogP contribution in [0.4, 0.5) is 11.4 Å². The maximum Gasteiger partial charge on any atom is 0.258 e. The average molecular weight is 524 g/mol. The molecule has 2 aliphatic heterocycles. The van der Waals surface area contributed by atoms with Gasteiger partial charge in [-0.25, -0.2) is 0 Å². The summed E-state index contributed by atoms with van der Waals surface area (Å²) in [6, 6.07) is 22.3. The van der Waals surface area contributed by atoms with Gasteiger partial charge in [0.2, 0.25) is 0 Å². The minimum Gasteiger partial charge on any atom is -0.354 e. The smallest absolute Gasteiger partial charge is 0.258 e. The van der Waals surface area contributed by atoms with Crippen LogP contribution in [0.2, 0.25) is 0 Å². The van der Waals surface area contributed by atoms with E-state index in [0.717, 1.165) is 49.5 Å². The predicted octanol–water partition coefficient (Wildman–Crippen LogP) is 4.15. The van der Waals surface area contributed by atoms with E-state index in [1.165, 1.54) is 0 Å². The summed E-state index contributed by atoms with van der Waals surface area (Å²) in [6.07, 6.45) is 0. The highest BCUT2D eigenvalue weighted by molar-refractivity contribution is 6.37. The normalized spacial score (nSPS) is 16.4. The van der Waals surface area contributed by atoms with E-state index < -0.39 is 0 Å². The molecule has 8 nitrogen and oxygen atoms in total. The van der Waals surface area contributed by atoms with E-state index in [2.05, 4.69) is 27.8 Å². The number of hydrogen-bond acceptors (Lipinski definition) is 5. The highest BCUT2D eigenvalue weighted by atomic mass is 16.2. The number of benzene rings is 3. The molecule has 200 valence electrons. The van der Waals surface area contributed by atoms with Gasteiger partial charge < -0.3 is 25.8 Å². The van der Waals surface area contributed by atoms with Gasteiger partial charge in [-0.3, -0.25) is 14.4 Å². The van der Waals surface area contributed by atoms with Gasteiger partial charge in [0.15, 0.2) is 0 Å². The lowest BCUT2D eigenvalue weighted by molar-refractivity contribution is -0.110. The number of carbonyl (C=O) groups excluding carboxylic acids is 3. The Bertz CT molecular complexity index is 1410. The van der Waals surface area contributed by atoms with Crippen LogP contribution >= 0.6 is 0 Å². The number of nitrogens with zero attached hydrogens (tertiary/aromatic N) is 2. The van der Waals surface area contributed by atoms with Crippen LogP contribution in [0.1, 0.15) is 45.7 Å². The molecule has 8 heteroatoms. The molecule has 1 saturated heterocycles. The first-order valence-corrected chi connectivity index (χ1v) is 13.4. The number of rotatable bonds is 7. The zero-order valence-electron chi connectivity index (χ0n) is 22.3. The summed E-state index contributed by atoms with van der Waals surface area (Å²) in [5.74, 6) is -0.399. The molecule has 2 aliphatic rings. The predicted molar refractivity (Wildman–Crippen MR) is 154 cm³/mol. The fraction of sp³-hybridized carbons (Fsp3) is 0.258. The van der Waals surface area contributed by atoms with E-state index >= 15 is 0 Å². The Morgan fingerprint density at radius 2 is 1.54 bits per heavy atom. The van der Waals surface area contributed by atoms with Gasteiger partial charge in [0.05, 0.1) is 11.3 Å². The van der Waals surface area contributed by atoms with Crippen molar-refractivity contribution in [1.29, 1.82) is 0 Å². The lowest BCUT2D eigenvalue weighted by Gasteiger charge is -2.34. The number of nitrogens with one attached hydrogen (secondary N) is 3. The minimum atomic E-state index is -0.248. The van der Waals surface area contributed by atoms with Crippen LogP contribution in [0, 0.1) is 0 Å². The first-order chi connectivity index (χ1) is 19.0. The Morgan fingerprint density at radius 1 is 0.846 bits per heavy atom. The third-order valence-corrected chi connectivity index (χ3v) is 7.18. The molecular formula is C31H33N5O3. The Hall–Kier alpha value is -4.43. The van der Waals surface area contributed by atoms with Crippen molar-refractivity contribution in [2.45, 2.75) is 13.8 Å². The Balaban J connectivity index is 1.44. The standard InChI is InChI=1S/C31H33N5O3/c1-3-32-29(37)23-12-15-25-26(20-23)34-30(38)27(25)28(21-8-6-5-7-9-21)33-24-13-10-22(11-14-24)31(39)36-18-16-35(4-2)17-19-36/h5-15,20,33H,3-4,16-19H2,1-2H3,(H,32,37)(H,34,38)/b28-27-. The van der Waals surface area contributed by atoms with Crippen molar-refractivity contribution < 1.29 is 14.4 Å². The molecule has 1 fully saturated rings. The van der Waals surface area contributed by atoms with Crippen molar-refractivity contribution in [3.05, 3.63) is 95.1 Å². The molecule has 3 aromatic rings. The lowest BCUT2D eigenvalue weighted by Crippen LogP contribution is -2.48. The van der Waals surface area contributed by atoms with Gasteiger partial charge in [0, 0.05) is 60.8 Å². The van der Waals surface area contributed by atoms with Gasteiger partial charge in [-0.2, -0.15) is 0 Å². The van der Waals surface area contributed by atoms with E-state index in [4.69, 9.17) is 0 Å². The van der Waals surface area contributed by atoms with Gasteiger partial charge in [-0.15, -0.1) is 0 Å². The van der Waals surface area contributed by atoms with Crippen molar-refractivity contribution >= 4 is 40.4 Å². The molecule has 0 spiro atoms. The monoisotopic (exact) mass is 523 g/mol. The summed E-state index contributed by atoms with van der Waals surface area (Å²) in [5, 5.41) is 9.14. The van der Waals surface area contributed by atoms with Crippen LogP contribution in [0.25, 0.3) is 11.3 Å². The van der Waals surface area contributed by atoms with Gasteiger partial charge in [-0.05, 0) is 55.4 Å². The molecule has 5 rings (SSSR count). The summed E-state index contributed by atoms with van der Waals surface area (Å²) < 4.78 is 0. The van der Waals surface area contributed by atoms with E-state index in [1.54, 1.807) is 18.2 Å². The largest absolute Gasteiger partial charge is 0.354 e. The number of carbonyl (C=O) groups is 3. The number of fused-ring (bicyclic) bond motifs is 1. The zero-order chi connectivity index (χ0) is 27.4. The highest BCUT2D eigenvalue weighted by Crippen LogP contribution is 2.38. The molecule has 39 heavy (non-hydrogen) atoms. The third-order valence-electron chi connectivity index (χ3n) is 7.18. The SMILES string of the molecule is CCNC(=O)c1ccc2c(c1)NC(=O)/C2=C(\Nc1ccc(C(=O)N2CCN(CC)CC2)cc1)c1ccccc1. The van der Waals surface area contributed by atoms with Crippen molar-refractivity contribution in [2.24, 2.45) is 0 Å². The van der Waals surface area contributed by atoms with Crippen LogP contribution in [0.15, 0.2) is 72.8 Å². The van der Waals surface area contributed by atoms with Crippen LogP contribution in [-0.2, 0) is 4.79 Å². The maximum absolute atomic E-state index is 13.2. The Labute approximate surface area is 228 Å². The average Bonchev–Trinajstić information content (AvgIpc) is 3.31. The summed E-state index contributed by atoms with van der Waals surface area (Å²) in [5.41, 5.74) is 5.19. The van der Waals surface area contributed by atoms with Crippen molar-refractivity contribution in [3.8, 4) is 0 Å². The summed E-state index contributed by atoms with van der Waals surface area (Å²) in [7, 11) is 0. The highest BCUT2D eigenvalue weighted by Gasteiger charge is 2.29. The molecular weight excluding hydrogens is 490 g/mol. The summed E-state index contributed by atoms with van der Waals surface area (Å²) in [4.78, 5) is 42.9. The first-order valence-electron chi connectivity index (χ1n) is 13.4. The van der Waals surface area contributed by atoms with E-state index in [9.17, 15) is 14.4 Å². The van der Waals surface area contributed by atoms with Gasteiger partial charge in [-0.1, -0.05) is 43.3 Å². The lowest BCUT2D eigenvalue weighted by atomic mass is 9.98. The fourth-order valence-electron chi connectivity index (χ4n) is 5.00. The molecule has 0 saturated carbocycles. The Kier molecular flexibility index (Phi) is 7.74. The van der Waals surface area contributed by atoms with Gasteiger partial charge in [0.1, 0.15) is 0 Å². The first kappa shape index (κ1) is 26.2. The summed E-state index contributed by atoms with van der Waals surface area (Å²) in [6.45, 7) is 8.77. The molecule has 0 aromatic heterocycles. The minimum absolute atomic E-state index is 0.0333. The number of piperazine rings is 1. The molecule has 0 bridgehead atoms. The Morgan fingerprint density at radius 3 is 2.21 bits per heavy atom. The molecule has 0 atom stereocenters. The van der Waals surface area contributed by atoms with Gasteiger partial charge in [0.25, 0.3) is 17.7 Å². The van der Waals surface area contributed by atoms with Crippen LogP contribution in [0.3, 0.4) is 0 Å². The maximum atomic E-state index is 13.2. The molecule has 3 aromatic carbocycles. The molecule has 3 N–H and O–H groups in total. The molecule has 0 radical (unpaired) electrons. The molecule has 0 unspecified atom stereocenters. The second kappa shape index (κ2) is 11.5. The van der Waals surface area contributed by atoms with E-state index in [0.29, 0.717) is 34.6 Å². The van der Waals surface area contributed by atoms with Crippen molar-refractivity contribution in [2.75, 3.05) is 49.9 Å².